The van der Waals surface area contributed by atoms with E-state index in [0.29, 0.717) is 6.54 Å². The molecule has 1 aromatic heterocycles. The first-order valence-corrected chi connectivity index (χ1v) is 5.70. The lowest BCUT2D eigenvalue weighted by molar-refractivity contribution is 0.687. The van der Waals surface area contributed by atoms with Gasteiger partial charge in [0.1, 0.15) is 0 Å². The molecule has 0 saturated heterocycles. The molecule has 78 valence electrons. The van der Waals surface area contributed by atoms with Crippen molar-refractivity contribution in [1.29, 1.82) is 0 Å². The first-order valence-electron chi connectivity index (χ1n) is 4.71. The molecule has 0 bridgehead atoms. The summed E-state index contributed by atoms with van der Waals surface area (Å²) in [7, 11) is 0. The van der Waals surface area contributed by atoms with Crippen LogP contribution in [0, 0.1) is 0 Å². The van der Waals surface area contributed by atoms with Crippen LogP contribution in [-0.4, -0.2) is 28.8 Å². The Kier molecular flexibility index (Phi) is 5.51. The van der Waals surface area contributed by atoms with Gasteiger partial charge in [-0.3, -0.25) is 0 Å². The maximum atomic E-state index is 5.36. The topological polar surface area (TPSA) is 63.8 Å². The number of thioether (sulfide) groups is 1. The zero-order valence-corrected chi connectivity index (χ0v) is 9.18. The van der Waals surface area contributed by atoms with Gasteiger partial charge in [0.25, 0.3) is 0 Å². The van der Waals surface area contributed by atoms with E-state index in [1.54, 1.807) is 11.8 Å². The van der Waals surface area contributed by atoms with Crippen LogP contribution in [0.1, 0.15) is 12.5 Å². The molecule has 0 radical (unpaired) electrons. The zero-order valence-electron chi connectivity index (χ0n) is 8.36. The summed E-state index contributed by atoms with van der Waals surface area (Å²) in [5, 5.41) is 4.03. The Hall–Kier alpha value is -0.650. The summed E-state index contributed by atoms with van der Waals surface area (Å²) in [6.07, 6.45) is 3.71. The minimum atomic E-state index is 0.657. The Morgan fingerprint density at radius 3 is 2.71 bits per heavy atom. The molecule has 1 rings (SSSR count). The second-order valence-electron chi connectivity index (χ2n) is 2.77. The van der Waals surface area contributed by atoms with E-state index in [1.807, 2.05) is 12.4 Å². The maximum Gasteiger partial charge on any atom is 0.187 e. The molecule has 0 aliphatic heterocycles. The molecule has 0 aromatic carbocycles. The normalized spacial score (nSPS) is 10.4. The fraction of sp³-hybridized carbons (Fsp3) is 0.556. The van der Waals surface area contributed by atoms with E-state index in [1.165, 1.54) is 0 Å². The third-order valence-corrected chi connectivity index (χ3v) is 2.36. The van der Waals surface area contributed by atoms with Crippen LogP contribution in [0.25, 0.3) is 0 Å². The van der Waals surface area contributed by atoms with Crippen molar-refractivity contribution in [2.24, 2.45) is 5.73 Å². The number of hydrogen-bond donors (Lipinski definition) is 2. The molecule has 14 heavy (non-hydrogen) atoms. The summed E-state index contributed by atoms with van der Waals surface area (Å²) in [4.78, 5) is 8.46. The van der Waals surface area contributed by atoms with Gasteiger partial charge in [0.2, 0.25) is 0 Å². The van der Waals surface area contributed by atoms with Gasteiger partial charge in [0, 0.05) is 37.6 Å². The molecule has 4 nitrogen and oxygen atoms in total. The lowest BCUT2D eigenvalue weighted by Crippen LogP contribution is -2.22. The van der Waals surface area contributed by atoms with E-state index in [4.69, 9.17) is 5.73 Å². The number of nitrogens with one attached hydrogen (secondary N) is 1. The molecule has 0 atom stereocenters. The summed E-state index contributed by atoms with van der Waals surface area (Å²) < 4.78 is 0. The van der Waals surface area contributed by atoms with E-state index < -0.39 is 0 Å². The number of hydrogen-bond acceptors (Lipinski definition) is 5. The van der Waals surface area contributed by atoms with Gasteiger partial charge in [0.15, 0.2) is 5.16 Å². The molecule has 1 aromatic rings. The quantitative estimate of drug-likeness (QED) is 0.411. The van der Waals surface area contributed by atoms with Gasteiger partial charge in [-0.05, 0) is 5.75 Å². The zero-order chi connectivity index (χ0) is 10.2. The minimum absolute atomic E-state index is 0.657. The predicted octanol–water partition coefficient (Wildman–Crippen LogP) is 0.637. The molecule has 5 heteroatoms. The summed E-state index contributed by atoms with van der Waals surface area (Å²) in [5.41, 5.74) is 6.46. The van der Waals surface area contributed by atoms with Crippen LogP contribution >= 0.6 is 11.8 Å². The van der Waals surface area contributed by atoms with Crippen LogP contribution in [0.3, 0.4) is 0 Å². The van der Waals surface area contributed by atoms with Crippen molar-refractivity contribution in [3.63, 3.8) is 0 Å². The van der Waals surface area contributed by atoms with Crippen LogP contribution in [-0.2, 0) is 6.54 Å². The molecule has 0 saturated carbocycles. The van der Waals surface area contributed by atoms with Gasteiger partial charge in [-0.1, -0.05) is 18.7 Å². The Bertz CT molecular complexity index is 249. The monoisotopic (exact) mass is 212 g/mol. The van der Waals surface area contributed by atoms with Crippen molar-refractivity contribution in [2.75, 3.05) is 18.8 Å². The highest BCUT2D eigenvalue weighted by molar-refractivity contribution is 7.99. The van der Waals surface area contributed by atoms with E-state index in [0.717, 1.165) is 29.6 Å². The Balaban J connectivity index is 2.38. The molecule has 1 heterocycles. The molecule has 0 amide bonds. The Labute approximate surface area is 88.7 Å². The van der Waals surface area contributed by atoms with Crippen LogP contribution < -0.4 is 11.1 Å². The van der Waals surface area contributed by atoms with Gasteiger partial charge in [-0.25, -0.2) is 9.97 Å². The van der Waals surface area contributed by atoms with Crippen molar-refractivity contribution in [1.82, 2.24) is 15.3 Å². The summed E-state index contributed by atoms with van der Waals surface area (Å²) >= 11 is 1.65. The highest BCUT2D eigenvalue weighted by Gasteiger charge is 1.96. The first kappa shape index (κ1) is 11.4. The minimum Gasteiger partial charge on any atom is -0.329 e. The molecule has 0 aliphatic rings. The number of rotatable bonds is 6. The number of nitrogens with zero attached hydrogens (tertiary/aromatic N) is 2. The average molecular weight is 212 g/mol. The largest absolute Gasteiger partial charge is 0.329 e. The third-order valence-electron chi connectivity index (χ3n) is 1.61. The molecular formula is C9H16N4S. The van der Waals surface area contributed by atoms with E-state index >= 15 is 0 Å². The predicted molar refractivity (Wildman–Crippen MR) is 59.2 cm³/mol. The van der Waals surface area contributed by atoms with Gasteiger partial charge < -0.3 is 11.1 Å². The molecule has 0 fully saturated rings. The lowest BCUT2D eigenvalue weighted by Gasteiger charge is -2.02. The number of nitrogens with two attached hydrogens (primary N) is 1. The van der Waals surface area contributed by atoms with Gasteiger partial charge in [-0.15, -0.1) is 0 Å². The molecule has 3 N–H and O–H groups in total. The van der Waals surface area contributed by atoms with Crippen LogP contribution in [0.2, 0.25) is 0 Å². The molecule has 0 unspecified atom stereocenters. The van der Waals surface area contributed by atoms with Crippen molar-refractivity contribution in [3.05, 3.63) is 18.0 Å². The van der Waals surface area contributed by atoms with Crippen LogP contribution in [0.15, 0.2) is 17.6 Å². The molecule has 0 aliphatic carbocycles. The third kappa shape index (κ3) is 4.04. The van der Waals surface area contributed by atoms with Gasteiger partial charge in [0.05, 0.1) is 0 Å². The van der Waals surface area contributed by atoms with E-state index in [-0.39, 0.29) is 0 Å². The van der Waals surface area contributed by atoms with Gasteiger partial charge in [-0.2, -0.15) is 0 Å². The SMILES string of the molecule is CCSc1ncc(CNCCN)cn1. The molecular weight excluding hydrogens is 196 g/mol. The fourth-order valence-electron chi connectivity index (χ4n) is 0.973. The van der Waals surface area contributed by atoms with Crippen molar-refractivity contribution in [3.8, 4) is 0 Å². The van der Waals surface area contributed by atoms with E-state index in [9.17, 15) is 0 Å². The second kappa shape index (κ2) is 6.75. The average Bonchev–Trinajstić information content (AvgIpc) is 2.21. The summed E-state index contributed by atoms with van der Waals surface area (Å²) in [6.45, 7) is 4.36. The van der Waals surface area contributed by atoms with Gasteiger partial charge >= 0.3 is 0 Å². The molecule has 0 spiro atoms. The smallest absolute Gasteiger partial charge is 0.187 e. The van der Waals surface area contributed by atoms with Crippen molar-refractivity contribution in [2.45, 2.75) is 18.6 Å². The highest BCUT2D eigenvalue weighted by atomic mass is 32.2. The Morgan fingerprint density at radius 2 is 2.14 bits per heavy atom. The first-order chi connectivity index (χ1) is 6.86. The van der Waals surface area contributed by atoms with Crippen molar-refractivity contribution < 1.29 is 0 Å². The van der Waals surface area contributed by atoms with E-state index in [2.05, 4.69) is 22.2 Å². The van der Waals surface area contributed by atoms with Crippen LogP contribution in [0.5, 0.6) is 0 Å². The maximum absolute atomic E-state index is 5.36. The highest BCUT2D eigenvalue weighted by Crippen LogP contribution is 2.10. The van der Waals surface area contributed by atoms with Crippen LogP contribution in [0.4, 0.5) is 0 Å². The fourth-order valence-corrected chi connectivity index (χ4v) is 1.49. The summed E-state index contributed by atoms with van der Waals surface area (Å²) in [5.74, 6) is 1.00. The second-order valence-corrected chi connectivity index (χ2v) is 4.00. The number of aromatic nitrogens is 2. The summed E-state index contributed by atoms with van der Waals surface area (Å²) in [6, 6.07) is 0. The standard InChI is InChI=1S/C9H16N4S/c1-2-14-9-12-6-8(7-13-9)5-11-4-3-10/h6-7,11H,2-5,10H2,1H3. The Morgan fingerprint density at radius 1 is 1.43 bits per heavy atom. The van der Waals surface area contributed by atoms with Crippen molar-refractivity contribution >= 4 is 11.8 Å². The lowest BCUT2D eigenvalue weighted by atomic mass is 10.3.